The van der Waals surface area contributed by atoms with Gasteiger partial charge in [0.25, 0.3) is 0 Å². The summed E-state index contributed by atoms with van der Waals surface area (Å²) >= 11 is 0. The van der Waals surface area contributed by atoms with Crippen molar-refractivity contribution in [3.05, 3.63) is 0 Å². The Labute approximate surface area is 98.8 Å². The minimum atomic E-state index is 0.197. The van der Waals surface area contributed by atoms with Crippen LogP contribution in [0.1, 0.15) is 32.6 Å². The average molecular weight is 227 g/mol. The lowest BCUT2D eigenvalue weighted by Gasteiger charge is -2.36. The summed E-state index contributed by atoms with van der Waals surface area (Å²) in [5.41, 5.74) is 5.88. The quantitative estimate of drug-likeness (QED) is 0.768. The van der Waals surface area contributed by atoms with E-state index in [-0.39, 0.29) is 5.91 Å². The molecule has 0 atom stereocenters. The Hall–Kier alpha value is -0.610. The topological polar surface area (TPSA) is 49.6 Å². The minimum Gasteiger partial charge on any atom is -0.339 e. The third kappa shape index (κ3) is 4.10. The molecule has 0 bridgehead atoms. The van der Waals surface area contributed by atoms with E-state index >= 15 is 0 Å². The van der Waals surface area contributed by atoms with Gasteiger partial charge in [0.15, 0.2) is 0 Å². The second-order valence-electron chi connectivity index (χ2n) is 5.08. The van der Waals surface area contributed by atoms with Gasteiger partial charge in [-0.05, 0) is 39.8 Å². The van der Waals surface area contributed by atoms with Crippen LogP contribution in [0, 0.1) is 0 Å². The van der Waals surface area contributed by atoms with Crippen molar-refractivity contribution in [1.29, 1.82) is 0 Å². The second-order valence-corrected chi connectivity index (χ2v) is 5.08. The highest BCUT2D eigenvalue weighted by Crippen LogP contribution is 2.22. The number of hydrogen-bond acceptors (Lipinski definition) is 3. The number of rotatable bonds is 4. The Morgan fingerprint density at radius 3 is 2.19 bits per heavy atom. The van der Waals surface area contributed by atoms with Gasteiger partial charge in [-0.15, -0.1) is 0 Å². The average Bonchev–Trinajstić information content (AvgIpc) is 2.20. The molecular weight excluding hydrogens is 202 g/mol. The maximum absolute atomic E-state index is 11.6. The Morgan fingerprint density at radius 2 is 1.75 bits per heavy atom. The summed E-state index contributed by atoms with van der Waals surface area (Å²) < 4.78 is 0. The molecule has 0 heterocycles. The smallest absolute Gasteiger partial charge is 0.219 e. The third-order valence-corrected chi connectivity index (χ3v) is 3.37. The zero-order chi connectivity index (χ0) is 12.1. The highest BCUT2D eigenvalue weighted by Gasteiger charge is 2.25. The van der Waals surface area contributed by atoms with E-state index in [9.17, 15) is 4.79 Å². The van der Waals surface area contributed by atoms with Gasteiger partial charge in [0.2, 0.25) is 5.91 Å². The van der Waals surface area contributed by atoms with E-state index in [0.29, 0.717) is 12.1 Å². The number of likely N-dealkylation sites (N-methyl/N-ethyl adjacent to an activating group) is 1. The predicted octanol–water partition coefficient (Wildman–Crippen LogP) is 0.666. The molecule has 0 aromatic rings. The van der Waals surface area contributed by atoms with Gasteiger partial charge in [-0.3, -0.25) is 4.79 Å². The number of carbonyl (C=O) groups is 1. The molecule has 4 nitrogen and oxygen atoms in total. The van der Waals surface area contributed by atoms with Crippen molar-refractivity contribution in [3.8, 4) is 0 Å². The van der Waals surface area contributed by atoms with Crippen molar-refractivity contribution < 1.29 is 4.79 Å². The third-order valence-electron chi connectivity index (χ3n) is 3.37. The lowest BCUT2D eigenvalue weighted by atomic mass is 9.90. The van der Waals surface area contributed by atoms with E-state index in [1.54, 1.807) is 6.92 Å². The molecule has 2 N–H and O–H groups in total. The SMILES string of the molecule is CC(=O)N(CCN(C)C)[C@H]1CC[C@H](N)CC1. The van der Waals surface area contributed by atoms with Crippen LogP contribution in [0.2, 0.25) is 0 Å². The van der Waals surface area contributed by atoms with Gasteiger partial charge >= 0.3 is 0 Å². The van der Waals surface area contributed by atoms with Gasteiger partial charge in [0, 0.05) is 32.1 Å². The monoisotopic (exact) mass is 227 g/mol. The molecule has 0 unspecified atom stereocenters. The van der Waals surface area contributed by atoms with Crippen LogP contribution >= 0.6 is 0 Å². The Kier molecular flexibility index (Phi) is 5.22. The number of hydrogen-bond donors (Lipinski definition) is 1. The largest absolute Gasteiger partial charge is 0.339 e. The molecule has 1 aliphatic carbocycles. The molecule has 1 aliphatic rings. The molecule has 0 spiro atoms. The summed E-state index contributed by atoms with van der Waals surface area (Å²) in [6.45, 7) is 3.44. The summed E-state index contributed by atoms with van der Waals surface area (Å²) in [6, 6.07) is 0.760. The van der Waals surface area contributed by atoms with Gasteiger partial charge in [-0.2, -0.15) is 0 Å². The maximum Gasteiger partial charge on any atom is 0.219 e. The molecule has 1 rings (SSSR count). The first-order chi connectivity index (χ1) is 7.50. The zero-order valence-electron chi connectivity index (χ0n) is 10.8. The molecule has 1 fully saturated rings. The highest BCUT2D eigenvalue weighted by molar-refractivity contribution is 5.73. The van der Waals surface area contributed by atoms with Gasteiger partial charge in [-0.25, -0.2) is 0 Å². The summed E-state index contributed by atoms with van der Waals surface area (Å²) in [7, 11) is 4.07. The number of nitrogens with two attached hydrogens (primary N) is 1. The van der Waals surface area contributed by atoms with Gasteiger partial charge in [0.1, 0.15) is 0 Å². The molecule has 0 radical (unpaired) electrons. The first-order valence-corrected chi connectivity index (χ1v) is 6.18. The summed E-state index contributed by atoms with van der Waals surface area (Å²) in [4.78, 5) is 15.7. The van der Waals surface area contributed by atoms with Crippen molar-refractivity contribution in [1.82, 2.24) is 9.80 Å². The molecule has 0 aromatic carbocycles. The van der Waals surface area contributed by atoms with Crippen LogP contribution in [0.25, 0.3) is 0 Å². The van der Waals surface area contributed by atoms with E-state index in [1.165, 1.54) is 0 Å². The van der Waals surface area contributed by atoms with Crippen molar-refractivity contribution in [2.24, 2.45) is 5.73 Å². The molecule has 94 valence electrons. The normalized spacial score (nSPS) is 25.8. The van der Waals surface area contributed by atoms with E-state index < -0.39 is 0 Å². The number of nitrogens with zero attached hydrogens (tertiary/aromatic N) is 2. The standard InChI is InChI=1S/C12H25N3O/c1-10(16)15(9-8-14(2)3)12-6-4-11(13)5-7-12/h11-12H,4-9,13H2,1-3H3/t11-,12-. The molecular formula is C12H25N3O. The Balaban J connectivity index is 2.46. The summed E-state index contributed by atoms with van der Waals surface area (Å²) in [5.74, 6) is 0.197. The van der Waals surface area contributed by atoms with Crippen LogP contribution in [0.4, 0.5) is 0 Å². The van der Waals surface area contributed by atoms with Crippen molar-refractivity contribution in [2.75, 3.05) is 27.2 Å². The van der Waals surface area contributed by atoms with Gasteiger partial charge < -0.3 is 15.5 Å². The van der Waals surface area contributed by atoms with Gasteiger partial charge in [-0.1, -0.05) is 0 Å². The number of amides is 1. The first-order valence-electron chi connectivity index (χ1n) is 6.18. The van der Waals surface area contributed by atoms with E-state index in [2.05, 4.69) is 4.90 Å². The molecule has 0 saturated heterocycles. The van der Waals surface area contributed by atoms with Crippen LogP contribution in [0.5, 0.6) is 0 Å². The van der Waals surface area contributed by atoms with Crippen LogP contribution < -0.4 is 5.73 Å². The molecule has 0 aromatic heterocycles. The van der Waals surface area contributed by atoms with Crippen molar-refractivity contribution >= 4 is 5.91 Å². The molecule has 16 heavy (non-hydrogen) atoms. The fourth-order valence-electron chi connectivity index (χ4n) is 2.32. The highest BCUT2D eigenvalue weighted by atomic mass is 16.2. The van der Waals surface area contributed by atoms with Crippen LogP contribution in [-0.4, -0.2) is 55.0 Å². The van der Waals surface area contributed by atoms with Crippen molar-refractivity contribution in [2.45, 2.75) is 44.7 Å². The summed E-state index contributed by atoms with van der Waals surface area (Å²) in [6.07, 6.45) is 4.23. The molecule has 1 amide bonds. The maximum atomic E-state index is 11.6. The lowest BCUT2D eigenvalue weighted by molar-refractivity contribution is -0.132. The Bertz CT molecular complexity index is 222. The molecule has 1 saturated carbocycles. The van der Waals surface area contributed by atoms with Gasteiger partial charge in [0.05, 0.1) is 0 Å². The molecule has 4 heteroatoms. The van der Waals surface area contributed by atoms with Crippen LogP contribution in [0.3, 0.4) is 0 Å². The van der Waals surface area contributed by atoms with E-state index in [0.717, 1.165) is 38.8 Å². The first kappa shape index (κ1) is 13.5. The van der Waals surface area contributed by atoms with E-state index in [4.69, 9.17) is 5.73 Å². The minimum absolute atomic E-state index is 0.197. The van der Waals surface area contributed by atoms with Crippen LogP contribution in [-0.2, 0) is 4.79 Å². The van der Waals surface area contributed by atoms with E-state index in [1.807, 2.05) is 19.0 Å². The summed E-state index contributed by atoms with van der Waals surface area (Å²) in [5, 5.41) is 0. The second kappa shape index (κ2) is 6.21. The fourth-order valence-corrected chi connectivity index (χ4v) is 2.32. The van der Waals surface area contributed by atoms with Crippen molar-refractivity contribution in [3.63, 3.8) is 0 Å². The van der Waals surface area contributed by atoms with Crippen LogP contribution in [0.15, 0.2) is 0 Å². The molecule has 0 aliphatic heterocycles. The predicted molar refractivity (Wildman–Crippen MR) is 66.2 cm³/mol. The zero-order valence-corrected chi connectivity index (χ0v) is 10.8. The lowest BCUT2D eigenvalue weighted by Crippen LogP contribution is -2.45. The Morgan fingerprint density at radius 1 is 1.19 bits per heavy atom. The fraction of sp³-hybridized carbons (Fsp3) is 0.917. The number of carbonyl (C=O) groups excluding carboxylic acids is 1.